The van der Waals surface area contributed by atoms with Gasteiger partial charge in [0.15, 0.2) is 0 Å². The lowest BCUT2D eigenvalue weighted by atomic mass is 10.0. The lowest BCUT2D eigenvalue weighted by Crippen LogP contribution is -2.40. The summed E-state index contributed by atoms with van der Waals surface area (Å²) in [6.07, 6.45) is 4.78. The van der Waals surface area contributed by atoms with Crippen LogP contribution in [0, 0.1) is 0 Å². The van der Waals surface area contributed by atoms with E-state index in [1.807, 2.05) is 28.9 Å². The number of hydrogen-bond donors (Lipinski definition) is 0. The number of halogens is 1. The topological polar surface area (TPSA) is 30.3 Å². The standard InChI is InChI=1S/C22H22ClN3OS2/c1-29-19-8-6-18(7-9-19)26-15-20(16-2-4-17(23)5-3-16)21(24-26)14-22(28)25-10-12-27-13-11-25/h2-9,15H,10-14H2,1H3. The molecule has 1 aromatic heterocycles. The molecule has 1 aliphatic rings. The van der Waals surface area contributed by atoms with Crippen LogP contribution in [-0.2, 0) is 11.2 Å². The molecular formula is C22H22ClN3OS2. The maximum Gasteiger partial charge on any atom is 0.0842 e. The number of benzene rings is 2. The van der Waals surface area contributed by atoms with Gasteiger partial charge in [-0.15, -0.1) is 11.8 Å². The zero-order valence-electron chi connectivity index (χ0n) is 16.2. The van der Waals surface area contributed by atoms with Crippen LogP contribution in [-0.4, -0.2) is 52.2 Å². The van der Waals surface area contributed by atoms with Crippen molar-refractivity contribution in [3.63, 3.8) is 0 Å². The lowest BCUT2D eigenvalue weighted by molar-refractivity contribution is 0.0684. The maximum absolute atomic E-state index is 6.09. The average Bonchev–Trinajstić information content (AvgIpc) is 3.18. The highest BCUT2D eigenvalue weighted by atomic mass is 35.5. The van der Waals surface area contributed by atoms with Gasteiger partial charge in [0.05, 0.1) is 29.6 Å². The smallest absolute Gasteiger partial charge is 0.0842 e. The number of hydrogen-bond acceptors (Lipinski definition) is 4. The van der Waals surface area contributed by atoms with Crippen molar-refractivity contribution in [3.05, 3.63) is 65.4 Å². The van der Waals surface area contributed by atoms with Crippen molar-refractivity contribution in [3.8, 4) is 16.8 Å². The van der Waals surface area contributed by atoms with Crippen LogP contribution in [0.25, 0.3) is 16.8 Å². The van der Waals surface area contributed by atoms with Gasteiger partial charge in [-0.1, -0.05) is 36.0 Å². The molecule has 0 saturated carbocycles. The molecular weight excluding hydrogens is 422 g/mol. The third kappa shape index (κ3) is 4.83. The molecule has 1 aliphatic heterocycles. The molecule has 0 atom stereocenters. The Labute approximate surface area is 185 Å². The highest BCUT2D eigenvalue weighted by Crippen LogP contribution is 2.27. The Kier molecular flexibility index (Phi) is 6.55. The predicted molar refractivity (Wildman–Crippen MR) is 124 cm³/mol. The largest absolute Gasteiger partial charge is 0.378 e. The Morgan fingerprint density at radius 1 is 1.10 bits per heavy atom. The molecule has 2 heterocycles. The Hall–Kier alpha value is -1.86. The molecule has 0 radical (unpaired) electrons. The predicted octanol–water partition coefficient (Wildman–Crippen LogP) is 5.12. The van der Waals surface area contributed by atoms with E-state index in [1.165, 1.54) is 4.90 Å². The highest BCUT2D eigenvalue weighted by Gasteiger charge is 2.19. The normalized spacial score (nSPS) is 14.2. The van der Waals surface area contributed by atoms with E-state index in [4.69, 9.17) is 33.7 Å². The molecule has 0 amide bonds. The second-order valence-corrected chi connectivity index (χ2v) is 8.60. The number of ether oxygens (including phenoxy) is 1. The van der Waals surface area contributed by atoms with Gasteiger partial charge in [0.1, 0.15) is 0 Å². The van der Waals surface area contributed by atoms with Crippen LogP contribution in [0.15, 0.2) is 59.6 Å². The summed E-state index contributed by atoms with van der Waals surface area (Å²) < 4.78 is 7.39. The minimum atomic E-state index is 0.628. The summed E-state index contributed by atoms with van der Waals surface area (Å²) in [5, 5.41) is 5.62. The number of morpholine rings is 1. The third-order valence-electron chi connectivity index (χ3n) is 4.97. The van der Waals surface area contributed by atoms with E-state index in [0.717, 1.165) is 58.8 Å². The van der Waals surface area contributed by atoms with Crippen molar-refractivity contribution in [2.75, 3.05) is 32.6 Å². The Bertz CT molecular complexity index is 980. The fraction of sp³-hybridized carbons (Fsp3) is 0.273. The van der Waals surface area contributed by atoms with Gasteiger partial charge in [0, 0.05) is 41.2 Å². The fourth-order valence-electron chi connectivity index (χ4n) is 3.35. The summed E-state index contributed by atoms with van der Waals surface area (Å²) in [5.41, 5.74) is 4.16. The number of aromatic nitrogens is 2. The molecule has 0 aliphatic carbocycles. The SMILES string of the molecule is CSc1ccc(-n2cc(-c3ccc(Cl)cc3)c(CC(=S)N3CCOCC3)n2)cc1. The summed E-state index contributed by atoms with van der Waals surface area (Å²) in [6.45, 7) is 3.12. The lowest BCUT2D eigenvalue weighted by Gasteiger charge is -2.29. The molecule has 0 unspecified atom stereocenters. The molecule has 3 aromatic rings. The van der Waals surface area contributed by atoms with Gasteiger partial charge in [-0.05, 0) is 48.2 Å². The van der Waals surface area contributed by atoms with E-state index < -0.39 is 0 Å². The van der Waals surface area contributed by atoms with Crippen LogP contribution < -0.4 is 0 Å². The molecule has 7 heteroatoms. The molecule has 29 heavy (non-hydrogen) atoms. The Morgan fingerprint density at radius 3 is 2.45 bits per heavy atom. The van der Waals surface area contributed by atoms with Gasteiger partial charge >= 0.3 is 0 Å². The van der Waals surface area contributed by atoms with Crippen LogP contribution in [0.2, 0.25) is 5.02 Å². The maximum atomic E-state index is 6.09. The second kappa shape index (κ2) is 9.30. The summed E-state index contributed by atoms with van der Waals surface area (Å²) in [5.74, 6) is 0. The van der Waals surface area contributed by atoms with Crippen molar-refractivity contribution < 1.29 is 4.74 Å². The van der Waals surface area contributed by atoms with Crippen molar-refractivity contribution >= 4 is 40.6 Å². The van der Waals surface area contributed by atoms with Crippen molar-refractivity contribution in [2.45, 2.75) is 11.3 Å². The molecule has 150 valence electrons. The van der Waals surface area contributed by atoms with E-state index in [9.17, 15) is 0 Å². The molecule has 4 nitrogen and oxygen atoms in total. The summed E-state index contributed by atoms with van der Waals surface area (Å²) in [6, 6.07) is 16.3. The molecule has 4 rings (SSSR count). The zero-order valence-corrected chi connectivity index (χ0v) is 18.6. The van der Waals surface area contributed by atoms with E-state index >= 15 is 0 Å². The minimum absolute atomic E-state index is 0.628. The van der Waals surface area contributed by atoms with E-state index in [-0.39, 0.29) is 0 Å². The number of nitrogens with zero attached hydrogens (tertiary/aromatic N) is 3. The minimum Gasteiger partial charge on any atom is -0.378 e. The third-order valence-corrected chi connectivity index (χ3v) is 6.36. The van der Waals surface area contributed by atoms with Crippen LogP contribution in [0.4, 0.5) is 0 Å². The van der Waals surface area contributed by atoms with Gasteiger partial charge in [-0.2, -0.15) is 5.10 Å². The van der Waals surface area contributed by atoms with Gasteiger partial charge in [-0.3, -0.25) is 0 Å². The van der Waals surface area contributed by atoms with Crippen molar-refractivity contribution in [2.24, 2.45) is 0 Å². The Balaban J connectivity index is 1.67. The summed E-state index contributed by atoms with van der Waals surface area (Å²) in [7, 11) is 0. The van der Waals surface area contributed by atoms with Crippen LogP contribution in [0.3, 0.4) is 0 Å². The van der Waals surface area contributed by atoms with Crippen LogP contribution in [0.1, 0.15) is 5.69 Å². The molecule has 1 saturated heterocycles. The Morgan fingerprint density at radius 2 is 1.79 bits per heavy atom. The quantitative estimate of drug-likeness (QED) is 0.403. The van der Waals surface area contributed by atoms with Gasteiger partial charge < -0.3 is 9.64 Å². The number of thioether (sulfide) groups is 1. The molecule has 1 fully saturated rings. The van der Waals surface area contributed by atoms with Gasteiger partial charge in [-0.25, -0.2) is 4.68 Å². The number of thiocarbonyl (C=S) groups is 1. The first kappa shape index (κ1) is 20.4. The number of rotatable bonds is 5. The zero-order chi connectivity index (χ0) is 20.2. The molecule has 0 spiro atoms. The van der Waals surface area contributed by atoms with Crippen LogP contribution in [0.5, 0.6) is 0 Å². The first-order valence-electron chi connectivity index (χ1n) is 9.48. The molecule has 0 bridgehead atoms. The fourth-order valence-corrected chi connectivity index (χ4v) is 4.20. The average molecular weight is 444 g/mol. The van der Waals surface area contributed by atoms with Crippen molar-refractivity contribution in [1.82, 2.24) is 14.7 Å². The van der Waals surface area contributed by atoms with Gasteiger partial charge in [0.25, 0.3) is 0 Å². The summed E-state index contributed by atoms with van der Waals surface area (Å²) >= 11 is 13.6. The first-order valence-corrected chi connectivity index (χ1v) is 11.5. The summed E-state index contributed by atoms with van der Waals surface area (Å²) in [4.78, 5) is 4.36. The van der Waals surface area contributed by atoms with E-state index in [1.54, 1.807) is 11.8 Å². The first-order chi connectivity index (χ1) is 14.1. The van der Waals surface area contributed by atoms with E-state index in [2.05, 4.69) is 41.6 Å². The van der Waals surface area contributed by atoms with Crippen LogP contribution >= 0.6 is 35.6 Å². The molecule has 2 aromatic carbocycles. The van der Waals surface area contributed by atoms with Gasteiger partial charge in [0.2, 0.25) is 0 Å². The monoisotopic (exact) mass is 443 g/mol. The van der Waals surface area contributed by atoms with E-state index in [0.29, 0.717) is 6.42 Å². The van der Waals surface area contributed by atoms with Crippen molar-refractivity contribution in [1.29, 1.82) is 0 Å². The highest BCUT2D eigenvalue weighted by molar-refractivity contribution is 7.98. The molecule has 0 N–H and O–H groups in total. The second-order valence-electron chi connectivity index (χ2n) is 6.81.